The minimum atomic E-state index is 0.639. The molecular weight excluding hydrogens is 214 g/mol. The van der Waals surface area contributed by atoms with E-state index < -0.39 is 0 Å². The number of anilines is 1. The molecule has 0 aromatic carbocycles. The van der Waals surface area contributed by atoms with E-state index in [0.29, 0.717) is 6.54 Å². The van der Waals surface area contributed by atoms with Gasteiger partial charge in [-0.1, -0.05) is 13.3 Å². The van der Waals surface area contributed by atoms with E-state index in [4.69, 9.17) is 10.2 Å². The number of unbranched alkanes of at least 4 members (excludes halogenated alkanes) is 1. The van der Waals surface area contributed by atoms with Crippen LogP contribution in [-0.2, 0) is 0 Å². The Morgan fingerprint density at radius 1 is 1.35 bits per heavy atom. The molecule has 0 saturated carbocycles. The third-order valence-corrected chi connectivity index (χ3v) is 2.84. The van der Waals surface area contributed by atoms with Gasteiger partial charge in [-0.3, -0.25) is 0 Å². The van der Waals surface area contributed by atoms with Crippen molar-refractivity contribution in [2.24, 2.45) is 5.73 Å². The molecule has 0 bridgehead atoms. The van der Waals surface area contributed by atoms with Gasteiger partial charge in [-0.15, -0.1) is 0 Å². The SMILES string of the molecule is CCCCN(CCN)c1nccc2occc12. The molecule has 0 fully saturated rings. The fourth-order valence-corrected chi connectivity index (χ4v) is 1.96. The molecule has 0 aliphatic carbocycles. The first kappa shape index (κ1) is 11.9. The summed E-state index contributed by atoms with van der Waals surface area (Å²) >= 11 is 0. The molecule has 0 spiro atoms. The smallest absolute Gasteiger partial charge is 0.139 e. The third-order valence-electron chi connectivity index (χ3n) is 2.84. The second-order valence-electron chi connectivity index (χ2n) is 4.10. The summed E-state index contributed by atoms with van der Waals surface area (Å²) in [5.74, 6) is 0.982. The molecule has 0 aliphatic heterocycles. The summed E-state index contributed by atoms with van der Waals surface area (Å²) in [7, 11) is 0. The van der Waals surface area contributed by atoms with Gasteiger partial charge >= 0.3 is 0 Å². The predicted molar refractivity (Wildman–Crippen MR) is 70.2 cm³/mol. The van der Waals surface area contributed by atoms with Crippen LogP contribution in [0.15, 0.2) is 29.0 Å². The van der Waals surface area contributed by atoms with Crippen molar-refractivity contribution in [3.8, 4) is 0 Å². The van der Waals surface area contributed by atoms with Gasteiger partial charge in [0.1, 0.15) is 11.4 Å². The Hall–Kier alpha value is -1.55. The zero-order valence-electron chi connectivity index (χ0n) is 10.2. The predicted octanol–water partition coefficient (Wildman–Crippen LogP) is 2.39. The largest absolute Gasteiger partial charge is 0.464 e. The molecule has 2 heterocycles. The maximum Gasteiger partial charge on any atom is 0.139 e. The highest BCUT2D eigenvalue weighted by Crippen LogP contribution is 2.25. The molecule has 0 aliphatic rings. The van der Waals surface area contributed by atoms with E-state index in [2.05, 4.69) is 16.8 Å². The van der Waals surface area contributed by atoms with Crippen LogP contribution < -0.4 is 10.6 Å². The normalized spacial score (nSPS) is 10.9. The standard InChI is InChI=1S/C13H19N3O/c1-2-3-8-16(9-6-14)13-11-5-10-17-12(11)4-7-15-13/h4-5,7,10H,2-3,6,8-9,14H2,1H3. The Bertz CT molecular complexity index is 466. The zero-order valence-corrected chi connectivity index (χ0v) is 10.2. The van der Waals surface area contributed by atoms with Crippen LogP contribution >= 0.6 is 0 Å². The summed E-state index contributed by atoms with van der Waals surface area (Å²) in [4.78, 5) is 6.70. The number of nitrogens with two attached hydrogens (primary N) is 1. The van der Waals surface area contributed by atoms with Crippen molar-refractivity contribution in [1.29, 1.82) is 0 Å². The topological polar surface area (TPSA) is 55.3 Å². The molecule has 4 nitrogen and oxygen atoms in total. The third kappa shape index (κ3) is 2.58. The van der Waals surface area contributed by atoms with Crippen LogP contribution in [0.25, 0.3) is 11.0 Å². The van der Waals surface area contributed by atoms with Crippen LogP contribution in [0.3, 0.4) is 0 Å². The van der Waals surface area contributed by atoms with Crippen molar-refractivity contribution in [1.82, 2.24) is 4.98 Å². The molecule has 0 saturated heterocycles. The second kappa shape index (κ2) is 5.68. The molecular formula is C13H19N3O. The monoisotopic (exact) mass is 233 g/mol. The molecule has 2 aromatic rings. The van der Waals surface area contributed by atoms with Crippen molar-refractivity contribution in [2.75, 3.05) is 24.5 Å². The van der Waals surface area contributed by atoms with E-state index in [1.165, 1.54) is 6.42 Å². The van der Waals surface area contributed by atoms with Gasteiger partial charge in [0.15, 0.2) is 0 Å². The van der Waals surface area contributed by atoms with Gasteiger partial charge in [-0.05, 0) is 18.6 Å². The van der Waals surface area contributed by atoms with Crippen LogP contribution in [-0.4, -0.2) is 24.6 Å². The Morgan fingerprint density at radius 3 is 3.00 bits per heavy atom. The summed E-state index contributed by atoms with van der Waals surface area (Å²) in [6.07, 6.45) is 5.81. The van der Waals surface area contributed by atoms with Crippen molar-refractivity contribution >= 4 is 16.8 Å². The number of nitrogens with zero attached hydrogens (tertiary/aromatic N) is 2. The molecule has 2 N–H and O–H groups in total. The van der Waals surface area contributed by atoms with E-state index in [0.717, 1.165) is 36.3 Å². The molecule has 2 rings (SSSR count). The van der Waals surface area contributed by atoms with Crippen molar-refractivity contribution < 1.29 is 4.42 Å². The van der Waals surface area contributed by atoms with Gasteiger partial charge in [0.05, 0.1) is 11.6 Å². The zero-order chi connectivity index (χ0) is 12.1. The number of aromatic nitrogens is 1. The molecule has 0 amide bonds. The molecule has 92 valence electrons. The minimum Gasteiger partial charge on any atom is -0.464 e. The van der Waals surface area contributed by atoms with Crippen molar-refractivity contribution in [3.63, 3.8) is 0 Å². The lowest BCUT2D eigenvalue weighted by Crippen LogP contribution is -2.31. The summed E-state index contributed by atoms with van der Waals surface area (Å²) in [6.45, 7) is 4.65. The number of hydrogen-bond donors (Lipinski definition) is 1. The molecule has 0 atom stereocenters. The highest BCUT2D eigenvalue weighted by molar-refractivity contribution is 5.88. The molecule has 0 radical (unpaired) electrons. The van der Waals surface area contributed by atoms with Gasteiger partial charge < -0.3 is 15.1 Å². The van der Waals surface area contributed by atoms with Gasteiger partial charge in [0, 0.05) is 25.8 Å². The fraction of sp³-hybridized carbons (Fsp3) is 0.462. The minimum absolute atomic E-state index is 0.639. The van der Waals surface area contributed by atoms with Gasteiger partial charge in [0.25, 0.3) is 0 Å². The number of furan rings is 1. The first-order chi connectivity index (χ1) is 8.36. The summed E-state index contributed by atoms with van der Waals surface area (Å²) in [5, 5.41) is 1.07. The maximum atomic E-state index is 5.66. The Kier molecular flexibility index (Phi) is 3.98. The van der Waals surface area contributed by atoms with Crippen LogP contribution in [0.2, 0.25) is 0 Å². The van der Waals surface area contributed by atoms with Crippen LogP contribution in [0, 0.1) is 0 Å². The number of hydrogen-bond acceptors (Lipinski definition) is 4. The average molecular weight is 233 g/mol. The Labute approximate surface area is 101 Å². The van der Waals surface area contributed by atoms with Crippen LogP contribution in [0.4, 0.5) is 5.82 Å². The van der Waals surface area contributed by atoms with E-state index in [1.54, 1.807) is 12.5 Å². The van der Waals surface area contributed by atoms with E-state index in [-0.39, 0.29) is 0 Å². The van der Waals surface area contributed by atoms with Gasteiger partial charge in [-0.25, -0.2) is 4.98 Å². The van der Waals surface area contributed by atoms with E-state index in [1.807, 2.05) is 12.1 Å². The molecule has 17 heavy (non-hydrogen) atoms. The summed E-state index contributed by atoms with van der Waals surface area (Å²) < 4.78 is 5.39. The summed E-state index contributed by atoms with van der Waals surface area (Å²) in [5.41, 5.74) is 6.55. The van der Waals surface area contributed by atoms with E-state index >= 15 is 0 Å². The number of pyridine rings is 1. The average Bonchev–Trinajstić information content (AvgIpc) is 2.82. The van der Waals surface area contributed by atoms with Crippen molar-refractivity contribution in [3.05, 3.63) is 24.6 Å². The molecule has 2 aromatic heterocycles. The molecule has 0 unspecified atom stereocenters. The highest BCUT2D eigenvalue weighted by Gasteiger charge is 2.11. The lowest BCUT2D eigenvalue weighted by molar-refractivity contribution is 0.615. The Morgan fingerprint density at radius 2 is 2.24 bits per heavy atom. The second-order valence-corrected chi connectivity index (χ2v) is 4.10. The van der Waals surface area contributed by atoms with Gasteiger partial charge in [0.2, 0.25) is 0 Å². The van der Waals surface area contributed by atoms with Gasteiger partial charge in [-0.2, -0.15) is 0 Å². The quantitative estimate of drug-likeness (QED) is 0.832. The lowest BCUT2D eigenvalue weighted by Gasteiger charge is -2.23. The summed E-state index contributed by atoms with van der Waals surface area (Å²) in [6, 6.07) is 3.85. The number of rotatable bonds is 6. The van der Waals surface area contributed by atoms with E-state index in [9.17, 15) is 0 Å². The van der Waals surface area contributed by atoms with Crippen LogP contribution in [0.5, 0.6) is 0 Å². The number of fused-ring (bicyclic) bond motifs is 1. The highest BCUT2D eigenvalue weighted by atomic mass is 16.3. The fourth-order valence-electron chi connectivity index (χ4n) is 1.96. The van der Waals surface area contributed by atoms with Crippen molar-refractivity contribution in [2.45, 2.75) is 19.8 Å². The van der Waals surface area contributed by atoms with Crippen LogP contribution in [0.1, 0.15) is 19.8 Å². The lowest BCUT2D eigenvalue weighted by atomic mass is 10.2. The maximum absolute atomic E-state index is 5.66. The Balaban J connectivity index is 2.30. The molecule has 4 heteroatoms. The first-order valence-corrected chi connectivity index (χ1v) is 6.14. The first-order valence-electron chi connectivity index (χ1n) is 6.14.